The fraction of sp³-hybridized carbons (Fsp3) is 0.417. The zero-order chi connectivity index (χ0) is 12.3. The van der Waals surface area contributed by atoms with Gasteiger partial charge in [-0.25, -0.2) is 0 Å². The molecular weight excluding hydrogens is 220 g/mol. The van der Waals surface area contributed by atoms with Gasteiger partial charge in [0.15, 0.2) is 11.5 Å². The van der Waals surface area contributed by atoms with Crippen LogP contribution < -0.4 is 10.6 Å². The van der Waals surface area contributed by atoms with Gasteiger partial charge in [-0.2, -0.15) is 0 Å². The first kappa shape index (κ1) is 11.7. The highest BCUT2D eigenvalue weighted by atomic mass is 16.3. The normalized spacial score (nSPS) is 16.7. The van der Waals surface area contributed by atoms with Gasteiger partial charge in [-0.3, -0.25) is 4.79 Å². The molecule has 1 aromatic rings. The van der Waals surface area contributed by atoms with Crippen LogP contribution in [0.2, 0.25) is 0 Å². The van der Waals surface area contributed by atoms with E-state index in [9.17, 15) is 15.0 Å². The summed E-state index contributed by atoms with van der Waals surface area (Å²) >= 11 is 0. The fourth-order valence-electron chi connectivity index (χ4n) is 1.94. The lowest BCUT2D eigenvalue weighted by Gasteiger charge is -2.23. The first-order valence-corrected chi connectivity index (χ1v) is 5.71. The number of para-hydroxylation sites is 1. The van der Waals surface area contributed by atoms with Crippen molar-refractivity contribution >= 4 is 5.91 Å². The maximum atomic E-state index is 11.9. The molecule has 0 aliphatic carbocycles. The van der Waals surface area contributed by atoms with Crippen molar-refractivity contribution in [2.24, 2.45) is 0 Å². The molecule has 2 rings (SSSR count). The number of nitrogens with one attached hydrogen (secondary N) is 2. The van der Waals surface area contributed by atoms with E-state index >= 15 is 0 Å². The van der Waals surface area contributed by atoms with E-state index in [-0.39, 0.29) is 29.0 Å². The smallest absolute Gasteiger partial charge is 0.255 e. The molecule has 4 N–H and O–H groups in total. The molecule has 1 aromatic carbocycles. The van der Waals surface area contributed by atoms with Crippen molar-refractivity contribution in [3.8, 4) is 11.5 Å². The van der Waals surface area contributed by atoms with Crippen molar-refractivity contribution in [1.82, 2.24) is 10.6 Å². The van der Waals surface area contributed by atoms with Crippen LogP contribution in [-0.2, 0) is 0 Å². The number of carbonyl (C=O) groups is 1. The summed E-state index contributed by atoms with van der Waals surface area (Å²) < 4.78 is 0. The van der Waals surface area contributed by atoms with E-state index in [0.29, 0.717) is 0 Å². The van der Waals surface area contributed by atoms with Crippen LogP contribution in [0.5, 0.6) is 11.5 Å². The second-order valence-corrected chi connectivity index (χ2v) is 4.17. The molecule has 0 bridgehead atoms. The van der Waals surface area contributed by atoms with Gasteiger partial charge < -0.3 is 20.8 Å². The van der Waals surface area contributed by atoms with Crippen LogP contribution in [0, 0.1) is 0 Å². The lowest BCUT2D eigenvalue weighted by molar-refractivity contribution is 0.0926. The van der Waals surface area contributed by atoms with E-state index in [1.54, 1.807) is 0 Å². The zero-order valence-corrected chi connectivity index (χ0v) is 9.44. The van der Waals surface area contributed by atoms with Crippen LogP contribution in [0.3, 0.4) is 0 Å². The van der Waals surface area contributed by atoms with Crippen molar-refractivity contribution in [1.29, 1.82) is 0 Å². The van der Waals surface area contributed by atoms with E-state index in [2.05, 4.69) is 10.6 Å². The predicted octanol–water partition coefficient (Wildman–Crippen LogP) is 0.580. The molecule has 0 atom stereocenters. The van der Waals surface area contributed by atoms with Crippen LogP contribution in [0.25, 0.3) is 0 Å². The van der Waals surface area contributed by atoms with Crippen molar-refractivity contribution in [2.45, 2.75) is 18.9 Å². The third kappa shape index (κ3) is 2.68. The van der Waals surface area contributed by atoms with Crippen LogP contribution in [0.15, 0.2) is 18.2 Å². The monoisotopic (exact) mass is 236 g/mol. The average molecular weight is 236 g/mol. The minimum atomic E-state index is -0.362. The highest BCUT2D eigenvalue weighted by Crippen LogP contribution is 2.28. The number of benzene rings is 1. The summed E-state index contributed by atoms with van der Waals surface area (Å²) in [6.07, 6.45) is 1.76. The number of phenolic OH excluding ortho intramolecular Hbond substituents is 2. The Kier molecular flexibility index (Phi) is 3.49. The zero-order valence-electron chi connectivity index (χ0n) is 9.44. The molecule has 5 heteroatoms. The Bertz CT molecular complexity index is 414. The summed E-state index contributed by atoms with van der Waals surface area (Å²) in [4.78, 5) is 11.9. The summed E-state index contributed by atoms with van der Waals surface area (Å²) in [5, 5.41) is 24.9. The van der Waals surface area contributed by atoms with Crippen LogP contribution in [0.4, 0.5) is 0 Å². The van der Waals surface area contributed by atoms with E-state index in [1.807, 2.05) is 0 Å². The van der Waals surface area contributed by atoms with Gasteiger partial charge in [-0.1, -0.05) is 6.07 Å². The Balaban J connectivity index is 2.06. The predicted molar refractivity (Wildman–Crippen MR) is 63.1 cm³/mol. The lowest BCUT2D eigenvalue weighted by Crippen LogP contribution is -2.42. The maximum Gasteiger partial charge on any atom is 0.255 e. The molecule has 17 heavy (non-hydrogen) atoms. The minimum Gasteiger partial charge on any atom is -0.504 e. The summed E-state index contributed by atoms with van der Waals surface area (Å²) in [5.74, 6) is -0.979. The molecule has 0 aromatic heterocycles. The molecule has 0 radical (unpaired) electrons. The van der Waals surface area contributed by atoms with Crippen molar-refractivity contribution in [2.75, 3.05) is 13.1 Å². The number of amides is 1. The minimum absolute atomic E-state index is 0.114. The Morgan fingerprint density at radius 2 is 2.00 bits per heavy atom. The van der Waals surface area contributed by atoms with Gasteiger partial charge in [0, 0.05) is 6.04 Å². The van der Waals surface area contributed by atoms with E-state index in [0.717, 1.165) is 25.9 Å². The van der Waals surface area contributed by atoms with Crippen molar-refractivity contribution in [3.63, 3.8) is 0 Å². The second-order valence-electron chi connectivity index (χ2n) is 4.17. The quantitative estimate of drug-likeness (QED) is 0.566. The molecule has 1 aliphatic rings. The molecule has 1 aliphatic heterocycles. The number of hydrogen-bond donors (Lipinski definition) is 4. The Labute approximate surface area is 99.5 Å². The first-order valence-electron chi connectivity index (χ1n) is 5.71. The third-order valence-electron chi connectivity index (χ3n) is 2.93. The van der Waals surface area contributed by atoms with Crippen LogP contribution >= 0.6 is 0 Å². The number of phenols is 2. The maximum absolute atomic E-state index is 11.9. The number of carbonyl (C=O) groups excluding carboxylic acids is 1. The molecule has 1 saturated heterocycles. The lowest BCUT2D eigenvalue weighted by atomic mass is 10.1. The topological polar surface area (TPSA) is 81.6 Å². The molecule has 0 spiro atoms. The highest BCUT2D eigenvalue weighted by molar-refractivity contribution is 5.97. The summed E-state index contributed by atoms with van der Waals surface area (Å²) in [7, 11) is 0. The Morgan fingerprint density at radius 1 is 1.29 bits per heavy atom. The van der Waals surface area contributed by atoms with Gasteiger partial charge in [0.2, 0.25) is 0 Å². The van der Waals surface area contributed by atoms with Gasteiger partial charge in [0.05, 0.1) is 5.56 Å². The highest BCUT2D eigenvalue weighted by Gasteiger charge is 2.19. The third-order valence-corrected chi connectivity index (χ3v) is 2.93. The van der Waals surface area contributed by atoms with Gasteiger partial charge in [-0.05, 0) is 38.1 Å². The van der Waals surface area contributed by atoms with Crippen LogP contribution in [0.1, 0.15) is 23.2 Å². The number of piperidine rings is 1. The van der Waals surface area contributed by atoms with Crippen molar-refractivity contribution in [3.05, 3.63) is 23.8 Å². The first-order chi connectivity index (χ1) is 8.18. The van der Waals surface area contributed by atoms with E-state index in [4.69, 9.17) is 0 Å². The molecule has 0 saturated carbocycles. The fourth-order valence-corrected chi connectivity index (χ4v) is 1.94. The Morgan fingerprint density at radius 3 is 2.71 bits per heavy atom. The average Bonchev–Trinajstić information content (AvgIpc) is 2.34. The van der Waals surface area contributed by atoms with Gasteiger partial charge in [0.25, 0.3) is 5.91 Å². The molecule has 1 fully saturated rings. The van der Waals surface area contributed by atoms with E-state index in [1.165, 1.54) is 18.2 Å². The molecule has 5 nitrogen and oxygen atoms in total. The SMILES string of the molecule is O=C(NC1CCNCC1)c1cccc(O)c1O. The van der Waals surface area contributed by atoms with E-state index < -0.39 is 0 Å². The molecule has 1 amide bonds. The summed E-state index contributed by atoms with van der Waals surface area (Å²) in [6.45, 7) is 1.77. The van der Waals surface area contributed by atoms with Crippen LogP contribution in [-0.4, -0.2) is 35.3 Å². The van der Waals surface area contributed by atoms with Gasteiger partial charge in [-0.15, -0.1) is 0 Å². The molecule has 1 heterocycles. The molecule has 0 unspecified atom stereocenters. The number of hydrogen-bond acceptors (Lipinski definition) is 4. The number of aromatic hydroxyl groups is 2. The van der Waals surface area contributed by atoms with Crippen molar-refractivity contribution < 1.29 is 15.0 Å². The van der Waals surface area contributed by atoms with Gasteiger partial charge in [0.1, 0.15) is 0 Å². The largest absolute Gasteiger partial charge is 0.504 e. The summed E-state index contributed by atoms with van der Waals surface area (Å²) in [5.41, 5.74) is 0.114. The molecular formula is C12H16N2O3. The standard InChI is InChI=1S/C12H16N2O3/c15-10-3-1-2-9(11(10)16)12(17)14-8-4-6-13-7-5-8/h1-3,8,13,15-16H,4-7H2,(H,14,17). The van der Waals surface area contributed by atoms with Gasteiger partial charge >= 0.3 is 0 Å². The number of rotatable bonds is 2. The molecule has 92 valence electrons. The Hall–Kier alpha value is -1.75. The second kappa shape index (κ2) is 5.05. The summed E-state index contributed by atoms with van der Waals surface area (Å²) in [6, 6.07) is 4.50.